The number of aryl methyl sites for hydroxylation is 1. The first-order chi connectivity index (χ1) is 9.55. The molecule has 0 N–H and O–H groups in total. The van der Waals surface area contributed by atoms with Crippen molar-refractivity contribution >= 4 is 5.78 Å². The average Bonchev–Trinajstić information content (AvgIpc) is 2.41. The quantitative estimate of drug-likeness (QED) is 0.808. The van der Waals surface area contributed by atoms with Crippen molar-refractivity contribution in [2.24, 2.45) is 5.92 Å². The predicted molar refractivity (Wildman–Crippen MR) is 81.9 cm³/mol. The first kappa shape index (κ1) is 15.2. The van der Waals surface area contributed by atoms with E-state index in [-0.39, 0.29) is 5.78 Å². The fourth-order valence-electron chi connectivity index (χ4n) is 3.30. The Morgan fingerprint density at radius 3 is 2.65 bits per heavy atom. The van der Waals surface area contributed by atoms with E-state index in [2.05, 4.69) is 38.1 Å². The molecule has 0 amide bonds. The van der Waals surface area contributed by atoms with E-state index in [4.69, 9.17) is 4.74 Å². The fourth-order valence-corrected chi connectivity index (χ4v) is 3.30. The van der Waals surface area contributed by atoms with E-state index in [1.165, 1.54) is 12.0 Å². The standard InChI is InChI=1S/C18H26O2/c1-4-20-18(11-5-6-15(3)13-18)17(19)12-16-9-7-14(2)8-10-16/h7-10,15H,4-6,11-13H2,1-3H3. The molecule has 0 aromatic heterocycles. The Bertz CT molecular complexity index is 445. The third-order valence-electron chi connectivity index (χ3n) is 4.37. The molecule has 0 bridgehead atoms. The Kier molecular flexibility index (Phi) is 4.98. The van der Waals surface area contributed by atoms with Crippen LogP contribution in [0.3, 0.4) is 0 Å². The lowest BCUT2D eigenvalue weighted by Crippen LogP contribution is -2.46. The molecular weight excluding hydrogens is 248 g/mol. The van der Waals surface area contributed by atoms with Crippen molar-refractivity contribution in [2.45, 2.75) is 58.5 Å². The molecule has 0 saturated heterocycles. The maximum atomic E-state index is 12.8. The van der Waals surface area contributed by atoms with Crippen LogP contribution >= 0.6 is 0 Å². The van der Waals surface area contributed by atoms with Gasteiger partial charge in [0.1, 0.15) is 5.60 Å². The van der Waals surface area contributed by atoms with Gasteiger partial charge in [-0.15, -0.1) is 0 Å². The molecular formula is C18H26O2. The molecule has 0 radical (unpaired) electrons. The molecule has 1 aliphatic carbocycles. The summed E-state index contributed by atoms with van der Waals surface area (Å²) in [4.78, 5) is 12.8. The highest BCUT2D eigenvalue weighted by atomic mass is 16.5. The molecule has 1 aliphatic rings. The zero-order valence-corrected chi connectivity index (χ0v) is 12.9. The largest absolute Gasteiger partial charge is 0.367 e. The fraction of sp³-hybridized carbons (Fsp3) is 0.611. The Balaban J connectivity index is 2.12. The van der Waals surface area contributed by atoms with E-state index in [0.717, 1.165) is 24.8 Å². The van der Waals surface area contributed by atoms with Gasteiger partial charge in [-0.2, -0.15) is 0 Å². The predicted octanol–water partition coefficient (Wildman–Crippen LogP) is 4.09. The molecule has 110 valence electrons. The molecule has 0 heterocycles. The highest BCUT2D eigenvalue weighted by molar-refractivity contribution is 5.89. The molecule has 0 spiro atoms. The first-order valence-corrected chi connectivity index (χ1v) is 7.78. The number of ether oxygens (including phenoxy) is 1. The Morgan fingerprint density at radius 1 is 1.35 bits per heavy atom. The number of ketones is 1. The monoisotopic (exact) mass is 274 g/mol. The van der Waals surface area contributed by atoms with Gasteiger partial charge in [0.25, 0.3) is 0 Å². The van der Waals surface area contributed by atoms with E-state index >= 15 is 0 Å². The number of hydrogen-bond acceptors (Lipinski definition) is 2. The third kappa shape index (κ3) is 3.49. The van der Waals surface area contributed by atoms with Crippen LogP contribution in [0.4, 0.5) is 0 Å². The summed E-state index contributed by atoms with van der Waals surface area (Å²) in [5.41, 5.74) is 1.79. The molecule has 2 heteroatoms. The summed E-state index contributed by atoms with van der Waals surface area (Å²) < 4.78 is 5.95. The van der Waals surface area contributed by atoms with Gasteiger partial charge in [0.05, 0.1) is 0 Å². The van der Waals surface area contributed by atoms with Crippen LogP contribution in [0.15, 0.2) is 24.3 Å². The van der Waals surface area contributed by atoms with Crippen LogP contribution in [0.2, 0.25) is 0 Å². The van der Waals surface area contributed by atoms with Crippen LogP contribution in [-0.4, -0.2) is 18.0 Å². The number of carbonyl (C=O) groups is 1. The van der Waals surface area contributed by atoms with E-state index < -0.39 is 5.60 Å². The van der Waals surface area contributed by atoms with Crippen LogP contribution in [0.5, 0.6) is 0 Å². The van der Waals surface area contributed by atoms with Gasteiger partial charge < -0.3 is 4.74 Å². The van der Waals surface area contributed by atoms with Gasteiger partial charge in [0.15, 0.2) is 5.78 Å². The van der Waals surface area contributed by atoms with Crippen molar-refractivity contribution in [2.75, 3.05) is 6.61 Å². The van der Waals surface area contributed by atoms with E-state index in [1.54, 1.807) is 0 Å². The number of hydrogen-bond donors (Lipinski definition) is 0. The summed E-state index contributed by atoms with van der Waals surface area (Å²) in [6.07, 6.45) is 4.57. The molecule has 1 saturated carbocycles. The summed E-state index contributed by atoms with van der Waals surface area (Å²) in [6, 6.07) is 8.25. The van der Waals surface area contributed by atoms with Gasteiger partial charge in [-0.3, -0.25) is 4.79 Å². The minimum absolute atomic E-state index is 0.259. The molecule has 2 nitrogen and oxygen atoms in total. The minimum atomic E-state index is -0.530. The molecule has 1 aromatic carbocycles. The van der Waals surface area contributed by atoms with Crippen molar-refractivity contribution in [3.63, 3.8) is 0 Å². The zero-order valence-electron chi connectivity index (χ0n) is 12.9. The van der Waals surface area contributed by atoms with Gasteiger partial charge >= 0.3 is 0 Å². The molecule has 2 atom stereocenters. The van der Waals surface area contributed by atoms with Crippen LogP contribution < -0.4 is 0 Å². The third-order valence-corrected chi connectivity index (χ3v) is 4.37. The molecule has 2 unspecified atom stereocenters. The van der Waals surface area contributed by atoms with Gasteiger partial charge in [0.2, 0.25) is 0 Å². The van der Waals surface area contributed by atoms with Crippen molar-refractivity contribution in [1.29, 1.82) is 0 Å². The van der Waals surface area contributed by atoms with E-state index in [0.29, 0.717) is 18.9 Å². The number of Topliss-reactive ketones (excluding diaryl/α,β-unsaturated/α-hetero) is 1. The molecule has 1 aromatic rings. The van der Waals surface area contributed by atoms with Crippen LogP contribution in [-0.2, 0) is 16.0 Å². The summed E-state index contributed by atoms with van der Waals surface area (Å²) in [5.74, 6) is 0.840. The Hall–Kier alpha value is -1.15. The highest BCUT2D eigenvalue weighted by Crippen LogP contribution is 2.36. The number of carbonyl (C=O) groups excluding carboxylic acids is 1. The summed E-state index contributed by atoms with van der Waals surface area (Å²) in [6.45, 7) is 6.90. The van der Waals surface area contributed by atoms with Crippen molar-refractivity contribution in [1.82, 2.24) is 0 Å². The molecule has 1 fully saturated rings. The lowest BCUT2D eigenvalue weighted by molar-refractivity contribution is -0.150. The van der Waals surface area contributed by atoms with Crippen LogP contribution in [0, 0.1) is 12.8 Å². The van der Waals surface area contributed by atoms with Gasteiger partial charge in [0, 0.05) is 13.0 Å². The number of benzene rings is 1. The van der Waals surface area contributed by atoms with E-state index in [1.807, 2.05) is 6.92 Å². The highest BCUT2D eigenvalue weighted by Gasteiger charge is 2.41. The normalized spacial score (nSPS) is 26.4. The van der Waals surface area contributed by atoms with Gasteiger partial charge in [-0.1, -0.05) is 43.2 Å². The van der Waals surface area contributed by atoms with Gasteiger partial charge in [-0.05, 0) is 44.6 Å². The molecule has 20 heavy (non-hydrogen) atoms. The smallest absolute Gasteiger partial charge is 0.168 e. The molecule has 2 rings (SSSR count). The first-order valence-electron chi connectivity index (χ1n) is 7.78. The Labute approximate surface area is 122 Å². The number of rotatable bonds is 5. The lowest BCUT2D eigenvalue weighted by Gasteiger charge is -2.38. The lowest BCUT2D eigenvalue weighted by atomic mass is 9.75. The summed E-state index contributed by atoms with van der Waals surface area (Å²) >= 11 is 0. The second kappa shape index (κ2) is 6.53. The zero-order chi connectivity index (χ0) is 14.6. The van der Waals surface area contributed by atoms with E-state index in [9.17, 15) is 4.79 Å². The van der Waals surface area contributed by atoms with Gasteiger partial charge in [-0.25, -0.2) is 0 Å². The summed E-state index contributed by atoms with van der Waals surface area (Å²) in [5, 5.41) is 0. The minimum Gasteiger partial charge on any atom is -0.367 e. The van der Waals surface area contributed by atoms with Crippen LogP contribution in [0.25, 0.3) is 0 Å². The Morgan fingerprint density at radius 2 is 2.05 bits per heavy atom. The van der Waals surface area contributed by atoms with Crippen LogP contribution in [0.1, 0.15) is 50.7 Å². The maximum Gasteiger partial charge on any atom is 0.168 e. The second-order valence-electron chi connectivity index (χ2n) is 6.21. The summed E-state index contributed by atoms with van der Waals surface area (Å²) in [7, 11) is 0. The maximum absolute atomic E-state index is 12.8. The van der Waals surface area contributed by atoms with Crippen molar-refractivity contribution in [3.05, 3.63) is 35.4 Å². The SMILES string of the molecule is CCOC1(C(=O)Cc2ccc(C)cc2)CCCC(C)C1. The second-order valence-corrected chi connectivity index (χ2v) is 6.21. The van der Waals surface area contributed by atoms with Crippen molar-refractivity contribution < 1.29 is 9.53 Å². The average molecular weight is 274 g/mol. The molecule has 0 aliphatic heterocycles. The van der Waals surface area contributed by atoms with Crippen molar-refractivity contribution in [3.8, 4) is 0 Å². The topological polar surface area (TPSA) is 26.3 Å².